The fourth-order valence-electron chi connectivity index (χ4n) is 3.78. The van der Waals surface area contributed by atoms with Gasteiger partial charge in [-0.15, -0.1) is 0 Å². The zero-order chi connectivity index (χ0) is 19.0. The molecular weight excluding hydrogens is 374 g/mol. The van der Waals surface area contributed by atoms with Crippen LogP contribution in [0.2, 0.25) is 0 Å². The molecule has 1 N–H and O–H groups in total. The van der Waals surface area contributed by atoms with Gasteiger partial charge >= 0.3 is 0 Å². The number of thiocarbonyl (C=S) groups is 1. The quantitative estimate of drug-likeness (QED) is 0.787. The Labute approximate surface area is 169 Å². The number of fused-ring (bicyclic) bond motifs is 3. The van der Waals surface area contributed by atoms with E-state index in [0.29, 0.717) is 4.32 Å². The Morgan fingerprint density at radius 1 is 1.22 bits per heavy atom. The molecule has 2 aliphatic rings. The van der Waals surface area contributed by atoms with E-state index in [4.69, 9.17) is 12.2 Å². The number of carbonyl (C=O) groups is 1. The Morgan fingerprint density at radius 2 is 1.93 bits per heavy atom. The number of thioether (sulfide) groups is 1. The second-order valence-electron chi connectivity index (χ2n) is 7.03. The monoisotopic (exact) mass is 395 g/mol. The molecule has 2 aromatic carbocycles. The molecular formula is C22H21NO2S2. The van der Waals surface area contributed by atoms with Crippen molar-refractivity contribution in [2.75, 3.05) is 0 Å². The van der Waals surface area contributed by atoms with E-state index in [1.165, 1.54) is 11.1 Å². The number of hydrogen-bond donors (Lipinski definition) is 1. The third-order valence-electron chi connectivity index (χ3n) is 5.30. The van der Waals surface area contributed by atoms with Crippen LogP contribution in [0.3, 0.4) is 0 Å². The van der Waals surface area contributed by atoms with E-state index in [9.17, 15) is 9.90 Å². The van der Waals surface area contributed by atoms with Crippen molar-refractivity contribution in [3.05, 3.63) is 77.4 Å². The van der Waals surface area contributed by atoms with Gasteiger partial charge in [0.25, 0.3) is 0 Å². The first kappa shape index (κ1) is 18.4. The average Bonchev–Trinajstić information content (AvgIpc) is 3.20. The van der Waals surface area contributed by atoms with Crippen LogP contribution in [0.4, 0.5) is 0 Å². The van der Waals surface area contributed by atoms with Crippen LogP contribution in [-0.2, 0) is 11.2 Å². The summed E-state index contributed by atoms with van der Waals surface area (Å²) in [5, 5.41) is 10.8. The molecule has 1 saturated heterocycles. The van der Waals surface area contributed by atoms with Crippen LogP contribution in [0.5, 0.6) is 0 Å². The fraction of sp³-hybridized carbons (Fsp3) is 0.273. The zero-order valence-corrected chi connectivity index (χ0v) is 16.6. The number of hydrogen-bond acceptors (Lipinski definition) is 4. The van der Waals surface area contributed by atoms with Crippen LogP contribution in [0.25, 0.3) is 6.08 Å². The summed E-state index contributed by atoms with van der Waals surface area (Å²) in [4.78, 5) is 14.9. The Bertz CT molecular complexity index is 896. The highest BCUT2D eigenvalue weighted by Crippen LogP contribution is 2.49. The molecule has 27 heavy (non-hydrogen) atoms. The second kappa shape index (κ2) is 7.58. The first-order valence-corrected chi connectivity index (χ1v) is 10.4. The molecule has 2 aromatic rings. The highest BCUT2D eigenvalue weighted by Gasteiger charge is 2.48. The minimum absolute atomic E-state index is 0.0149. The van der Waals surface area contributed by atoms with E-state index in [-0.39, 0.29) is 17.2 Å². The summed E-state index contributed by atoms with van der Waals surface area (Å²) >= 11 is 7.12. The third-order valence-corrected chi connectivity index (χ3v) is 6.91. The van der Waals surface area contributed by atoms with Crippen molar-refractivity contribution in [3.8, 4) is 0 Å². The molecule has 1 unspecified atom stereocenters. The van der Waals surface area contributed by atoms with Crippen molar-refractivity contribution < 1.29 is 9.90 Å². The molecule has 5 heteroatoms. The van der Waals surface area contributed by atoms with Crippen molar-refractivity contribution in [2.45, 2.75) is 30.7 Å². The molecule has 0 radical (unpaired) electrons. The number of nitrogens with zero attached hydrogens (tertiary/aromatic N) is 1. The lowest BCUT2D eigenvalue weighted by molar-refractivity contribution is -0.134. The Hall–Kier alpha value is -1.95. The lowest BCUT2D eigenvalue weighted by atomic mass is 9.99. The summed E-state index contributed by atoms with van der Waals surface area (Å²) in [6.07, 6.45) is 3.60. The molecule has 0 aromatic heterocycles. The molecule has 1 amide bonds. The molecule has 0 saturated carbocycles. The van der Waals surface area contributed by atoms with E-state index >= 15 is 0 Å². The van der Waals surface area contributed by atoms with E-state index < -0.39 is 12.0 Å². The predicted molar refractivity (Wildman–Crippen MR) is 114 cm³/mol. The molecule has 4 rings (SSSR count). The highest BCUT2D eigenvalue weighted by atomic mass is 32.2. The predicted octanol–water partition coefficient (Wildman–Crippen LogP) is 4.22. The van der Waals surface area contributed by atoms with Crippen molar-refractivity contribution in [1.29, 1.82) is 0 Å². The van der Waals surface area contributed by atoms with Gasteiger partial charge in [0, 0.05) is 5.25 Å². The van der Waals surface area contributed by atoms with Crippen LogP contribution in [0, 0.1) is 5.92 Å². The Morgan fingerprint density at radius 3 is 2.70 bits per heavy atom. The standard InChI is InChI=1S/C22H21NO2S2/c1-14(18(24)12-11-15-7-3-2-4-8-15)21(25)23-20-17-10-6-5-9-16(17)13-19(20)27-22(23)26/h2-12,14,18-20,24H,13H2,1H3/t14-,18-,19+,20?/m0/s1. The van der Waals surface area contributed by atoms with Gasteiger partial charge in [0.05, 0.1) is 18.1 Å². The molecule has 0 spiro atoms. The Kier molecular flexibility index (Phi) is 5.17. The summed E-state index contributed by atoms with van der Waals surface area (Å²) in [5.41, 5.74) is 3.47. The average molecular weight is 396 g/mol. The van der Waals surface area contributed by atoms with Gasteiger partial charge in [-0.1, -0.05) is 97.7 Å². The molecule has 138 valence electrons. The smallest absolute Gasteiger partial charge is 0.234 e. The van der Waals surface area contributed by atoms with Gasteiger partial charge in [0.2, 0.25) is 5.91 Å². The van der Waals surface area contributed by atoms with E-state index in [1.807, 2.05) is 48.5 Å². The molecule has 1 aliphatic heterocycles. The number of amides is 1. The maximum Gasteiger partial charge on any atom is 0.234 e. The molecule has 0 bridgehead atoms. The molecule has 1 aliphatic carbocycles. The minimum atomic E-state index is -0.860. The van der Waals surface area contributed by atoms with Crippen LogP contribution < -0.4 is 0 Å². The maximum atomic E-state index is 13.2. The molecule has 3 nitrogen and oxygen atoms in total. The largest absolute Gasteiger partial charge is 0.388 e. The Balaban J connectivity index is 1.53. The zero-order valence-electron chi connectivity index (χ0n) is 15.0. The van der Waals surface area contributed by atoms with Crippen LogP contribution >= 0.6 is 24.0 Å². The number of aliphatic hydroxyl groups excluding tert-OH is 1. The first-order valence-electron chi connectivity index (χ1n) is 9.09. The minimum Gasteiger partial charge on any atom is -0.388 e. The summed E-state index contributed by atoms with van der Waals surface area (Å²) in [5.74, 6) is -0.670. The summed E-state index contributed by atoms with van der Waals surface area (Å²) < 4.78 is 0.621. The number of benzene rings is 2. The van der Waals surface area contributed by atoms with Gasteiger partial charge in [-0.05, 0) is 23.1 Å². The van der Waals surface area contributed by atoms with Crippen molar-refractivity contribution in [1.82, 2.24) is 4.90 Å². The lowest BCUT2D eigenvalue weighted by Gasteiger charge is -2.28. The van der Waals surface area contributed by atoms with Gasteiger partial charge in [0.1, 0.15) is 4.32 Å². The number of carbonyl (C=O) groups excluding carboxylic acids is 1. The molecule has 1 heterocycles. The normalized spacial score (nSPS) is 23.3. The summed E-state index contributed by atoms with van der Waals surface area (Å²) in [6.45, 7) is 1.77. The van der Waals surface area contributed by atoms with Gasteiger partial charge < -0.3 is 5.11 Å². The van der Waals surface area contributed by atoms with Crippen molar-refractivity contribution in [2.24, 2.45) is 5.92 Å². The van der Waals surface area contributed by atoms with Crippen LogP contribution in [-0.4, -0.2) is 31.6 Å². The fourth-order valence-corrected chi connectivity index (χ4v) is 5.59. The van der Waals surface area contributed by atoms with Crippen LogP contribution in [0.15, 0.2) is 60.7 Å². The first-order chi connectivity index (χ1) is 13.1. The van der Waals surface area contributed by atoms with E-state index in [2.05, 4.69) is 12.1 Å². The second-order valence-corrected chi connectivity index (χ2v) is 8.90. The summed E-state index contributed by atoms with van der Waals surface area (Å²) in [7, 11) is 0. The van der Waals surface area contributed by atoms with Gasteiger partial charge in [-0.2, -0.15) is 0 Å². The number of rotatable bonds is 4. The number of aliphatic hydroxyl groups is 1. The van der Waals surface area contributed by atoms with E-state index in [1.54, 1.807) is 29.7 Å². The van der Waals surface area contributed by atoms with Crippen molar-refractivity contribution in [3.63, 3.8) is 0 Å². The van der Waals surface area contributed by atoms with Crippen LogP contribution in [0.1, 0.15) is 29.7 Å². The SMILES string of the molecule is C[C@H](C(=O)N1C(=S)S[C@@H]2Cc3ccccc3C21)[C@@H](O)C=Cc1ccccc1. The third kappa shape index (κ3) is 3.47. The van der Waals surface area contributed by atoms with E-state index in [0.717, 1.165) is 12.0 Å². The summed E-state index contributed by atoms with van der Waals surface area (Å²) in [6, 6.07) is 18.0. The van der Waals surface area contributed by atoms with Gasteiger partial charge in [-0.3, -0.25) is 9.69 Å². The highest BCUT2D eigenvalue weighted by molar-refractivity contribution is 8.23. The maximum absolute atomic E-state index is 13.2. The topological polar surface area (TPSA) is 40.5 Å². The van der Waals surface area contributed by atoms with Gasteiger partial charge in [0.15, 0.2) is 0 Å². The molecule has 1 fully saturated rings. The molecule has 4 atom stereocenters. The van der Waals surface area contributed by atoms with Crippen molar-refractivity contribution >= 4 is 40.3 Å². The lowest BCUT2D eigenvalue weighted by Crippen LogP contribution is -2.41. The van der Waals surface area contributed by atoms with Gasteiger partial charge in [-0.25, -0.2) is 0 Å².